The van der Waals surface area contributed by atoms with Gasteiger partial charge < -0.3 is 15.0 Å². The van der Waals surface area contributed by atoms with E-state index in [1.807, 2.05) is 30.3 Å². The third kappa shape index (κ3) is 4.70. The van der Waals surface area contributed by atoms with E-state index in [2.05, 4.69) is 15.3 Å². The molecular formula is C21H23FN4O3. The maximum atomic E-state index is 12.9. The lowest BCUT2D eigenvalue weighted by atomic mass is 9.92. The largest absolute Gasteiger partial charge is 0.460 e. The Morgan fingerprint density at radius 2 is 1.79 bits per heavy atom. The molecule has 2 heterocycles. The van der Waals surface area contributed by atoms with Gasteiger partial charge in [0.25, 0.3) is 0 Å². The van der Waals surface area contributed by atoms with E-state index in [-0.39, 0.29) is 42.3 Å². The summed E-state index contributed by atoms with van der Waals surface area (Å²) in [5.41, 5.74) is 0.827. The number of halogens is 1. The number of hydrogen-bond donors (Lipinski definition) is 1. The highest BCUT2D eigenvalue weighted by atomic mass is 19.1. The van der Waals surface area contributed by atoms with Crippen LogP contribution >= 0.6 is 0 Å². The van der Waals surface area contributed by atoms with Gasteiger partial charge in [0.2, 0.25) is 11.8 Å². The summed E-state index contributed by atoms with van der Waals surface area (Å²) in [6.45, 7) is 0.412. The van der Waals surface area contributed by atoms with Crippen molar-refractivity contribution in [3.8, 4) is 6.01 Å². The molecule has 0 spiro atoms. The Kier molecular flexibility index (Phi) is 5.69. The van der Waals surface area contributed by atoms with Crippen LogP contribution in [0.2, 0.25) is 0 Å². The average Bonchev–Trinajstić information content (AvgIpc) is 3.14. The molecule has 2 amide bonds. The summed E-state index contributed by atoms with van der Waals surface area (Å²) in [6.07, 6.45) is 5.42. The Morgan fingerprint density at radius 3 is 2.48 bits per heavy atom. The number of anilines is 1. The number of carbonyl (C=O) groups excluding carboxylic acids is 2. The molecule has 1 unspecified atom stereocenters. The minimum atomic E-state index is -0.500. The van der Waals surface area contributed by atoms with Crippen LogP contribution in [0, 0.1) is 11.7 Å². The normalized spacial score (nSPS) is 24.4. The maximum absolute atomic E-state index is 12.9. The molecule has 29 heavy (non-hydrogen) atoms. The van der Waals surface area contributed by atoms with Gasteiger partial charge in [-0.2, -0.15) is 0 Å². The second-order valence-corrected chi connectivity index (χ2v) is 7.52. The SMILES string of the molecule is O=C(NC1CCC(Oc2ncc(F)cn2)CC1)C1CC(=O)N(c2ccccc2)C1. The van der Waals surface area contributed by atoms with E-state index in [1.54, 1.807) is 4.90 Å². The second-order valence-electron chi connectivity index (χ2n) is 7.52. The first-order chi connectivity index (χ1) is 14.1. The summed E-state index contributed by atoms with van der Waals surface area (Å²) in [6, 6.07) is 9.66. The van der Waals surface area contributed by atoms with Gasteiger partial charge >= 0.3 is 6.01 Å². The van der Waals surface area contributed by atoms with Crippen molar-refractivity contribution in [2.45, 2.75) is 44.2 Å². The highest BCUT2D eigenvalue weighted by Crippen LogP contribution is 2.26. The number of benzene rings is 1. The van der Waals surface area contributed by atoms with Crippen molar-refractivity contribution in [3.63, 3.8) is 0 Å². The highest BCUT2D eigenvalue weighted by Gasteiger charge is 2.36. The molecular weight excluding hydrogens is 375 g/mol. The van der Waals surface area contributed by atoms with Crippen LogP contribution in [0.5, 0.6) is 6.01 Å². The topological polar surface area (TPSA) is 84.4 Å². The zero-order valence-corrected chi connectivity index (χ0v) is 16.0. The molecule has 1 saturated heterocycles. The van der Waals surface area contributed by atoms with Crippen LogP contribution in [0.1, 0.15) is 32.1 Å². The van der Waals surface area contributed by atoms with Crippen LogP contribution in [0.25, 0.3) is 0 Å². The van der Waals surface area contributed by atoms with E-state index >= 15 is 0 Å². The monoisotopic (exact) mass is 398 g/mol. The van der Waals surface area contributed by atoms with E-state index < -0.39 is 5.82 Å². The first-order valence-corrected chi connectivity index (χ1v) is 9.88. The van der Waals surface area contributed by atoms with Crippen LogP contribution in [0.3, 0.4) is 0 Å². The van der Waals surface area contributed by atoms with Crippen LogP contribution in [-0.2, 0) is 9.59 Å². The van der Waals surface area contributed by atoms with Gasteiger partial charge in [-0.05, 0) is 37.8 Å². The average molecular weight is 398 g/mol. The number of rotatable bonds is 5. The van der Waals surface area contributed by atoms with E-state index in [0.717, 1.165) is 43.8 Å². The zero-order chi connectivity index (χ0) is 20.2. The Bertz CT molecular complexity index is 854. The maximum Gasteiger partial charge on any atom is 0.316 e. The minimum absolute atomic E-state index is 0.0206. The van der Waals surface area contributed by atoms with E-state index in [0.29, 0.717) is 6.54 Å². The molecule has 1 aromatic carbocycles. The van der Waals surface area contributed by atoms with Gasteiger partial charge in [0.05, 0.1) is 18.3 Å². The number of carbonyl (C=O) groups is 2. The lowest BCUT2D eigenvalue weighted by molar-refractivity contribution is -0.127. The van der Waals surface area contributed by atoms with Crippen molar-refractivity contribution in [2.75, 3.05) is 11.4 Å². The Labute approximate surface area is 168 Å². The van der Waals surface area contributed by atoms with Crippen LogP contribution in [0.4, 0.5) is 10.1 Å². The number of nitrogens with one attached hydrogen (secondary N) is 1. The Hall–Kier alpha value is -3.03. The summed E-state index contributed by atoms with van der Waals surface area (Å²) in [5, 5.41) is 3.09. The molecule has 2 aliphatic rings. The van der Waals surface area contributed by atoms with Crippen molar-refractivity contribution in [3.05, 3.63) is 48.5 Å². The molecule has 1 aliphatic carbocycles. The van der Waals surface area contributed by atoms with E-state index in [1.165, 1.54) is 0 Å². The van der Waals surface area contributed by atoms with Crippen LogP contribution in [-0.4, -0.2) is 40.5 Å². The molecule has 1 aromatic heterocycles. The van der Waals surface area contributed by atoms with Gasteiger partial charge in [-0.15, -0.1) is 0 Å². The molecule has 4 rings (SSSR count). The summed E-state index contributed by atoms with van der Waals surface area (Å²) >= 11 is 0. The van der Waals surface area contributed by atoms with E-state index in [9.17, 15) is 14.0 Å². The molecule has 7 nitrogen and oxygen atoms in total. The van der Waals surface area contributed by atoms with Crippen LogP contribution in [0.15, 0.2) is 42.7 Å². The molecule has 8 heteroatoms. The lowest BCUT2D eigenvalue weighted by Gasteiger charge is -2.29. The number of para-hydroxylation sites is 1. The quantitative estimate of drug-likeness (QED) is 0.837. The molecule has 1 atom stereocenters. The van der Waals surface area contributed by atoms with Gasteiger partial charge in [0.15, 0.2) is 5.82 Å². The van der Waals surface area contributed by atoms with Crippen LogP contribution < -0.4 is 15.0 Å². The molecule has 0 bridgehead atoms. The zero-order valence-electron chi connectivity index (χ0n) is 16.0. The van der Waals surface area contributed by atoms with Gasteiger partial charge in [0, 0.05) is 24.7 Å². The van der Waals surface area contributed by atoms with Crippen molar-refractivity contribution in [1.82, 2.24) is 15.3 Å². The summed E-state index contributed by atoms with van der Waals surface area (Å²) in [5.74, 6) is -0.917. The highest BCUT2D eigenvalue weighted by molar-refractivity contribution is 6.00. The van der Waals surface area contributed by atoms with Crippen molar-refractivity contribution < 1.29 is 18.7 Å². The minimum Gasteiger partial charge on any atom is -0.460 e. The fourth-order valence-corrected chi connectivity index (χ4v) is 3.90. The van der Waals surface area contributed by atoms with Gasteiger partial charge in [-0.3, -0.25) is 9.59 Å². The predicted molar refractivity (Wildman–Crippen MR) is 104 cm³/mol. The molecule has 1 saturated carbocycles. The number of ether oxygens (including phenoxy) is 1. The number of aromatic nitrogens is 2. The third-order valence-corrected chi connectivity index (χ3v) is 5.45. The molecule has 1 N–H and O–H groups in total. The van der Waals surface area contributed by atoms with Crippen molar-refractivity contribution in [1.29, 1.82) is 0 Å². The Balaban J connectivity index is 1.25. The lowest BCUT2D eigenvalue weighted by Crippen LogP contribution is -2.43. The fraction of sp³-hybridized carbons (Fsp3) is 0.429. The molecule has 152 valence electrons. The molecule has 0 radical (unpaired) electrons. The number of amides is 2. The number of nitrogens with zero attached hydrogens (tertiary/aromatic N) is 3. The van der Waals surface area contributed by atoms with Gasteiger partial charge in [-0.1, -0.05) is 18.2 Å². The van der Waals surface area contributed by atoms with Gasteiger partial charge in [0.1, 0.15) is 6.10 Å². The standard InChI is InChI=1S/C21H23FN4O3/c22-15-11-23-21(24-12-15)29-18-8-6-16(7-9-18)25-20(28)14-10-19(27)26(13-14)17-4-2-1-3-5-17/h1-5,11-12,14,16,18H,6-10,13H2,(H,25,28). The first-order valence-electron chi connectivity index (χ1n) is 9.88. The smallest absolute Gasteiger partial charge is 0.316 e. The fourth-order valence-electron chi connectivity index (χ4n) is 3.90. The third-order valence-electron chi connectivity index (χ3n) is 5.45. The number of hydrogen-bond acceptors (Lipinski definition) is 5. The van der Waals surface area contributed by atoms with Crippen molar-refractivity contribution in [2.24, 2.45) is 5.92 Å². The molecule has 2 aromatic rings. The summed E-state index contributed by atoms with van der Waals surface area (Å²) in [7, 11) is 0. The molecule has 1 aliphatic heterocycles. The van der Waals surface area contributed by atoms with Crippen molar-refractivity contribution >= 4 is 17.5 Å². The first kappa shape index (κ1) is 19.3. The summed E-state index contributed by atoms with van der Waals surface area (Å²) < 4.78 is 18.6. The van der Waals surface area contributed by atoms with Gasteiger partial charge in [-0.25, -0.2) is 14.4 Å². The summed E-state index contributed by atoms with van der Waals surface area (Å²) in [4.78, 5) is 34.3. The Morgan fingerprint density at radius 1 is 1.10 bits per heavy atom. The molecule has 2 fully saturated rings. The second kappa shape index (κ2) is 8.55. The van der Waals surface area contributed by atoms with E-state index in [4.69, 9.17) is 4.74 Å². The predicted octanol–water partition coefficient (Wildman–Crippen LogP) is 2.47.